The molecule has 0 saturated carbocycles. The third-order valence-electron chi connectivity index (χ3n) is 4.89. The average Bonchev–Trinajstić information content (AvgIpc) is 2.86. The number of nitrogens with one attached hydrogen (secondary N) is 1. The number of hydrogen-bond acceptors (Lipinski definition) is 4. The van der Waals surface area contributed by atoms with Crippen LogP contribution < -0.4 is 5.32 Å². The molecule has 4 nitrogen and oxygen atoms in total. The molecule has 0 saturated heterocycles. The Bertz CT molecular complexity index is 879. The van der Waals surface area contributed by atoms with E-state index in [1.807, 2.05) is 31.2 Å². The number of aryl methyl sites for hydroxylation is 1. The highest BCUT2D eigenvalue weighted by Crippen LogP contribution is 2.50. The van der Waals surface area contributed by atoms with Gasteiger partial charge in [0.15, 0.2) is 5.78 Å². The average molecular weight is 343 g/mol. The summed E-state index contributed by atoms with van der Waals surface area (Å²) in [6, 6.07) is 7.68. The van der Waals surface area contributed by atoms with Crippen LogP contribution in [0.3, 0.4) is 0 Å². The zero-order valence-electron chi connectivity index (χ0n) is 13.9. The summed E-state index contributed by atoms with van der Waals surface area (Å²) in [4.78, 5) is 13.0. The lowest BCUT2D eigenvalue weighted by Gasteiger charge is -2.37. The number of nitrogens with zero attached hydrogens (tertiary/aromatic N) is 1. The molecule has 0 spiro atoms. The van der Waals surface area contributed by atoms with E-state index in [1.54, 1.807) is 0 Å². The molecule has 1 aliphatic heterocycles. The van der Waals surface area contributed by atoms with Gasteiger partial charge in [-0.1, -0.05) is 48.8 Å². The molecule has 1 atom stereocenters. The maximum Gasteiger partial charge on any atom is 0.233 e. The number of aromatic nitrogens is 1. The van der Waals surface area contributed by atoms with Gasteiger partial charge in [-0.15, -0.1) is 0 Å². The fraction of sp³-hybridized carbons (Fsp3) is 0.368. The first-order valence-electron chi connectivity index (χ1n) is 8.11. The van der Waals surface area contributed by atoms with Crippen molar-refractivity contribution in [3.63, 3.8) is 0 Å². The number of carbonyl (C=O) groups is 1. The molecule has 0 fully saturated rings. The van der Waals surface area contributed by atoms with Crippen molar-refractivity contribution in [2.45, 2.75) is 39.5 Å². The van der Waals surface area contributed by atoms with Gasteiger partial charge in [-0.05, 0) is 30.4 Å². The fourth-order valence-corrected chi connectivity index (χ4v) is 4.13. The number of halogens is 1. The Balaban J connectivity index is 1.97. The van der Waals surface area contributed by atoms with E-state index in [4.69, 9.17) is 16.1 Å². The molecule has 124 valence electrons. The second-order valence-electron chi connectivity index (χ2n) is 7.42. The molecule has 2 aromatic rings. The Labute approximate surface area is 145 Å². The van der Waals surface area contributed by atoms with Crippen molar-refractivity contribution >= 4 is 23.3 Å². The van der Waals surface area contributed by atoms with Gasteiger partial charge in [0, 0.05) is 28.6 Å². The molecule has 5 heteroatoms. The van der Waals surface area contributed by atoms with Crippen LogP contribution in [0.15, 0.2) is 40.1 Å². The number of anilines is 1. The summed E-state index contributed by atoms with van der Waals surface area (Å²) in [7, 11) is 0. The topological polar surface area (TPSA) is 55.1 Å². The van der Waals surface area contributed by atoms with Crippen LogP contribution in [0.5, 0.6) is 0 Å². The molecule has 2 aliphatic rings. The quantitative estimate of drug-likeness (QED) is 0.805. The van der Waals surface area contributed by atoms with Crippen molar-refractivity contribution in [1.82, 2.24) is 5.16 Å². The van der Waals surface area contributed by atoms with Crippen molar-refractivity contribution in [2.75, 3.05) is 5.32 Å². The first-order chi connectivity index (χ1) is 11.4. The predicted molar refractivity (Wildman–Crippen MR) is 93.2 cm³/mol. The molecule has 2 heterocycles. The van der Waals surface area contributed by atoms with Crippen molar-refractivity contribution in [1.29, 1.82) is 0 Å². The van der Waals surface area contributed by atoms with Gasteiger partial charge in [-0.3, -0.25) is 4.79 Å². The lowest BCUT2D eigenvalue weighted by Crippen LogP contribution is -2.33. The number of rotatable bonds is 1. The fourth-order valence-electron chi connectivity index (χ4n) is 3.89. The molecule has 1 aromatic carbocycles. The van der Waals surface area contributed by atoms with Crippen LogP contribution >= 0.6 is 11.6 Å². The lowest BCUT2D eigenvalue weighted by atomic mass is 9.69. The molecule has 0 radical (unpaired) electrons. The molecule has 1 aromatic heterocycles. The zero-order chi connectivity index (χ0) is 17.1. The van der Waals surface area contributed by atoms with Gasteiger partial charge in [0.2, 0.25) is 5.88 Å². The normalized spacial score (nSPS) is 22.0. The molecule has 0 unspecified atom stereocenters. The van der Waals surface area contributed by atoms with Gasteiger partial charge < -0.3 is 9.84 Å². The SMILES string of the molecule is Cc1noc2c1[C@@H](c1ccccc1Cl)C1=C(CC(C)(C)CC1=O)N2. The van der Waals surface area contributed by atoms with Gasteiger partial charge in [0.25, 0.3) is 0 Å². The Kier molecular flexibility index (Phi) is 3.36. The Hall–Kier alpha value is -2.07. The van der Waals surface area contributed by atoms with Gasteiger partial charge in [-0.2, -0.15) is 0 Å². The van der Waals surface area contributed by atoms with Gasteiger partial charge >= 0.3 is 0 Å². The Morgan fingerprint density at radius 2 is 2.04 bits per heavy atom. The smallest absolute Gasteiger partial charge is 0.233 e. The molecule has 4 rings (SSSR count). The van der Waals surface area contributed by atoms with E-state index in [9.17, 15) is 4.79 Å². The summed E-state index contributed by atoms with van der Waals surface area (Å²) in [6.07, 6.45) is 1.34. The van der Waals surface area contributed by atoms with Crippen LogP contribution in [0.4, 0.5) is 5.88 Å². The number of ketones is 1. The van der Waals surface area contributed by atoms with E-state index in [2.05, 4.69) is 24.3 Å². The lowest BCUT2D eigenvalue weighted by molar-refractivity contribution is -0.118. The summed E-state index contributed by atoms with van der Waals surface area (Å²) >= 11 is 6.47. The Morgan fingerprint density at radius 3 is 2.79 bits per heavy atom. The van der Waals surface area contributed by atoms with E-state index in [1.165, 1.54) is 0 Å². The molecule has 0 amide bonds. The maximum atomic E-state index is 13.0. The van der Waals surface area contributed by atoms with Crippen LogP contribution in [0, 0.1) is 12.3 Å². The minimum absolute atomic E-state index is 0.0689. The van der Waals surface area contributed by atoms with Crippen LogP contribution in [0.2, 0.25) is 5.02 Å². The molecular weight excluding hydrogens is 324 g/mol. The standard InChI is InChI=1S/C19H19ClN2O2/c1-10-15-16(11-6-4-5-7-12(11)20)17-13(21-18(15)24-22-10)8-19(2,3)9-14(17)23/h4-7,16,21H,8-9H2,1-3H3/t16-/m1/s1. The van der Waals surface area contributed by atoms with Crippen molar-refractivity contribution in [2.24, 2.45) is 5.41 Å². The summed E-state index contributed by atoms with van der Waals surface area (Å²) in [5, 5.41) is 8.07. The number of Topliss-reactive ketones (excluding diaryl/α,β-unsaturated/α-hetero) is 1. The van der Waals surface area contributed by atoms with Gasteiger partial charge in [-0.25, -0.2) is 0 Å². The van der Waals surface area contributed by atoms with Gasteiger partial charge in [0.05, 0.1) is 11.3 Å². The summed E-state index contributed by atoms with van der Waals surface area (Å²) in [5.41, 5.74) is 4.29. The van der Waals surface area contributed by atoms with Crippen molar-refractivity contribution in [3.05, 3.63) is 57.4 Å². The van der Waals surface area contributed by atoms with Crippen LogP contribution in [-0.2, 0) is 4.79 Å². The molecule has 24 heavy (non-hydrogen) atoms. The first kappa shape index (κ1) is 15.5. The molecule has 0 bridgehead atoms. The minimum Gasteiger partial charge on any atom is -0.338 e. The first-order valence-corrected chi connectivity index (χ1v) is 8.49. The third kappa shape index (κ3) is 2.28. The van der Waals surface area contributed by atoms with Crippen LogP contribution in [0.25, 0.3) is 0 Å². The number of hydrogen-bond donors (Lipinski definition) is 1. The highest BCUT2D eigenvalue weighted by atomic mass is 35.5. The second kappa shape index (κ2) is 5.21. The third-order valence-corrected chi connectivity index (χ3v) is 5.23. The number of carbonyl (C=O) groups excluding carboxylic acids is 1. The number of fused-ring (bicyclic) bond motifs is 1. The van der Waals surface area contributed by atoms with Crippen LogP contribution in [-0.4, -0.2) is 10.9 Å². The van der Waals surface area contributed by atoms with Crippen LogP contribution in [0.1, 0.15) is 49.4 Å². The monoisotopic (exact) mass is 342 g/mol. The van der Waals surface area contributed by atoms with E-state index in [0.717, 1.165) is 34.5 Å². The second-order valence-corrected chi connectivity index (χ2v) is 7.83. The number of allylic oxidation sites excluding steroid dienone is 2. The maximum absolute atomic E-state index is 13.0. The minimum atomic E-state index is -0.222. The van der Waals surface area contributed by atoms with E-state index < -0.39 is 0 Å². The molecular formula is C19H19ClN2O2. The summed E-state index contributed by atoms with van der Waals surface area (Å²) in [5.74, 6) is 0.575. The highest BCUT2D eigenvalue weighted by molar-refractivity contribution is 6.31. The van der Waals surface area contributed by atoms with E-state index in [-0.39, 0.29) is 17.1 Å². The molecule has 1 aliphatic carbocycles. The highest BCUT2D eigenvalue weighted by Gasteiger charge is 2.43. The van der Waals surface area contributed by atoms with Crippen molar-refractivity contribution < 1.29 is 9.32 Å². The molecule has 1 N–H and O–H groups in total. The van der Waals surface area contributed by atoms with Crippen molar-refractivity contribution in [3.8, 4) is 0 Å². The summed E-state index contributed by atoms with van der Waals surface area (Å²) in [6.45, 7) is 6.13. The van der Waals surface area contributed by atoms with E-state index in [0.29, 0.717) is 17.3 Å². The predicted octanol–water partition coefficient (Wildman–Crippen LogP) is 4.84. The summed E-state index contributed by atoms with van der Waals surface area (Å²) < 4.78 is 5.48. The van der Waals surface area contributed by atoms with E-state index >= 15 is 0 Å². The Morgan fingerprint density at radius 1 is 1.29 bits per heavy atom. The zero-order valence-corrected chi connectivity index (χ0v) is 14.7. The largest absolute Gasteiger partial charge is 0.338 e. The number of benzene rings is 1. The van der Waals surface area contributed by atoms with Gasteiger partial charge in [0.1, 0.15) is 0 Å².